The van der Waals surface area contributed by atoms with E-state index in [1.54, 1.807) is 33.6 Å². The Morgan fingerprint density at radius 2 is 2.12 bits per heavy atom. The number of nitrogens with zero attached hydrogens (tertiary/aromatic N) is 4. The van der Waals surface area contributed by atoms with Gasteiger partial charge in [-0.1, -0.05) is 18.2 Å². The molecular formula is C17H17FN4OS. The Labute approximate surface area is 142 Å². The fourth-order valence-corrected chi connectivity index (χ4v) is 3.05. The molecular weight excluding hydrogens is 327 g/mol. The Balaban J connectivity index is 1.64. The van der Waals surface area contributed by atoms with Crippen LogP contribution in [0, 0.1) is 5.82 Å². The van der Waals surface area contributed by atoms with Crippen molar-refractivity contribution in [2.45, 2.75) is 25.9 Å². The average molecular weight is 344 g/mol. The van der Waals surface area contributed by atoms with Gasteiger partial charge < -0.3 is 4.57 Å². The first-order chi connectivity index (χ1) is 11.7. The summed E-state index contributed by atoms with van der Waals surface area (Å²) in [6, 6.07) is 8.47. The molecule has 2 heterocycles. The van der Waals surface area contributed by atoms with Gasteiger partial charge in [-0.2, -0.15) is 10.1 Å². The predicted octanol–water partition coefficient (Wildman–Crippen LogP) is 2.84. The second kappa shape index (κ2) is 7.83. The van der Waals surface area contributed by atoms with Gasteiger partial charge >= 0.3 is 0 Å². The molecule has 124 valence electrons. The van der Waals surface area contributed by atoms with Crippen molar-refractivity contribution in [3.05, 3.63) is 70.5 Å². The molecule has 1 aromatic carbocycles. The third-order valence-electron chi connectivity index (χ3n) is 3.52. The zero-order valence-corrected chi connectivity index (χ0v) is 13.8. The van der Waals surface area contributed by atoms with Crippen LogP contribution in [0.15, 0.2) is 59.3 Å². The van der Waals surface area contributed by atoms with E-state index in [2.05, 4.69) is 10.1 Å². The summed E-state index contributed by atoms with van der Waals surface area (Å²) in [5, 5.41) is 5.94. The minimum Gasteiger partial charge on any atom is -0.319 e. The van der Waals surface area contributed by atoms with Crippen molar-refractivity contribution in [3.63, 3.8) is 0 Å². The van der Waals surface area contributed by atoms with Gasteiger partial charge in [-0.3, -0.25) is 9.48 Å². The molecule has 1 amide bonds. The van der Waals surface area contributed by atoms with Crippen molar-refractivity contribution in [1.82, 2.24) is 14.3 Å². The molecule has 0 aliphatic heterocycles. The molecule has 0 bridgehead atoms. The molecule has 3 aromatic rings. The van der Waals surface area contributed by atoms with Crippen molar-refractivity contribution >= 4 is 17.2 Å². The Kier molecular flexibility index (Phi) is 5.32. The molecule has 0 fully saturated rings. The van der Waals surface area contributed by atoms with Crippen LogP contribution in [0.5, 0.6) is 0 Å². The van der Waals surface area contributed by atoms with E-state index < -0.39 is 0 Å². The minimum absolute atomic E-state index is 0.174. The summed E-state index contributed by atoms with van der Waals surface area (Å²) in [7, 11) is 0. The van der Waals surface area contributed by atoms with Crippen LogP contribution in [-0.4, -0.2) is 20.3 Å². The Morgan fingerprint density at radius 1 is 1.25 bits per heavy atom. The quantitative estimate of drug-likeness (QED) is 0.690. The lowest BCUT2D eigenvalue weighted by Gasteiger charge is -2.04. The molecule has 0 saturated carbocycles. The molecule has 2 aromatic heterocycles. The molecule has 7 heteroatoms. The third-order valence-corrected chi connectivity index (χ3v) is 4.31. The summed E-state index contributed by atoms with van der Waals surface area (Å²) in [6.45, 7) is 1.05. The fourth-order valence-electron chi connectivity index (χ4n) is 2.30. The largest absolute Gasteiger partial charge is 0.319 e. The number of aryl methyl sites for hydroxylation is 1. The summed E-state index contributed by atoms with van der Waals surface area (Å²) in [5.74, 6) is -0.431. The molecule has 0 N–H and O–H groups in total. The van der Waals surface area contributed by atoms with Crippen molar-refractivity contribution in [3.8, 4) is 0 Å². The van der Waals surface area contributed by atoms with E-state index in [-0.39, 0.29) is 11.7 Å². The number of aromatic nitrogens is 3. The molecule has 0 aliphatic rings. The van der Waals surface area contributed by atoms with E-state index in [0.29, 0.717) is 36.3 Å². The van der Waals surface area contributed by atoms with Crippen LogP contribution in [-0.2, 0) is 17.9 Å². The highest BCUT2D eigenvalue weighted by atomic mass is 32.1. The number of carbonyl (C=O) groups excluding carboxylic acids is 1. The maximum absolute atomic E-state index is 13.8. The first kappa shape index (κ1) is 16.3. The van der Waals surface area contributed by atoms with Gasteiger partial charge in [-0.15, -0.1) is 11.3 Å². The Bertz CT molecular complexity index is 867. The second-order valence-electron chi connectivity index (χ2n) is 5.28. The van der Waals surface area contributed by atoms with Crippen LogP contribution < -0.4 is 4.80 Å². The fraction of sp³-hybridized carbons (Fsp3) is 0.235. The molecule has 24 heavy (non-hydrogen) atoms. The molecule has 0 spiro atoms. The van der Waals surface area contributed by atoms with E-state index in [1.165, 1.54) is 17.4 Å². The zero-order chi connectivity index (χ0) is 16.8. The van der Waals surface area contributed by atoms with Gasteiger partial charge in [0.15, 0.2) is 4.80 Å². The third kappa shape index (κ3) is 4.26. The lowest BCUT2D eigenvalue weighted by Crippen LogP contribution is -2.17. The van der Waals surface area contributed by atoms with Crippen molar-refractivity contribution in [2.75, 3.05) is 0 Å². The van der Waals surface area contributed by atoms with Gasteiger partial charge in [0.25, 0.3) is 0 Å². The summed E-state index contributed by atoms with van der Waals surface area (Å²) < 4.78 is 17.3. The molecule has 0 unspecified atom stereocenters. The van der Waals surface area contributed by atoms with Gasteiger partial charge in [0.1, 0.15) is 5.82 Å². The number of halogens is 1. The minimum atomic E-state index is -0.257. The number of hydrogen-bond acceptors (Lipinski definition) is 3. The number of benzene rings is 1. The Hall–Kier alpha value is -2.54. The van der Waals surface area contributed by atoms with Crippen molar-refractivity contribution in [1.29, 1.82) is 0 Å². The molecule has 0 saturated heterocycles. The highest BCUT2D eigenvalue weighted by Crippen LogP contribution is 2.08. The normalized spacial score (nSPS) is 11.8. The van der Waals surface area contributed by atoms with Crippen LogP contribution in [0.2, 0.25) is 0 Å². The standard InChI is InChI=1S/C17H17FN4OS/c18-15-6-2-1-5-14(15)13-21-11-12-24-17(21)20-16(23)7-3-9-22-10-4-8-19-22/h1-2,4-6,8,10-12H,3,7,9,13H2. The number of rotatable bonds is 6. The monoisotopic (exact) mass is 344 g/mol. The average Bonchev–Trinajstić information content (AvgIpc) is 3.22. The van der Waals surface area contributed by atoms with Crippen LogP contribution in [0.4, 0.5) is 4.39 Å². The summed E-state index contributed by atoms with van der Waals surface area (Å²) in [4.78, 5) is 16.8. The lowest BCUT2D eigenvalue weighted by molar-refractivity contribution is -0.118. The maximum atomic E-state index is 13.8. The van der Waals surface area contributed by atoms with Gasteiger partial charge in [0.2, 0.25) is 5.91 Å². The van der Waals surface area contributed by atoms with Gasteiger partial charge in [-0.05, 0) is 18.6 Å². The highest BCUT2D eigenvalue weighted by molar-refractivity contribution is 7.07. The SMILES string of the molecule is O=C(CCCn1cccn1)N=c1sccn1Cc1ccccc1F. The van der Waals surface area contributed by atoms with Gasteiger partial charge in [-0.25, -0.2) is 4.39 Å². The van der Waals surface area contributed by atoms with E-state index >= 15 is 0 Å². The van der Waals surface area contributed by atoms with Crippen molar-refractivity contribution in [2.24, 2.45) is 4.99 Å². The molecule has 3 rings (SSSR count). The number of carbonyl (C=O) groups is 1. The van der Waals surface area contributed by atoms with Crippen LogP contribution >= 0.6 is 11.3 Å². The van der Waals surface area contributed by atoms with Crippen LogP contribution in [0.3, 0.4) is 0 Å². The van der Waals surface area contributed by atoms with Crippen LogP contribution in [0.1, 0.15) is 18.4 Å². The number of amides is 1. The van der Waals surface area contributed by atoms with Crippen LogP contribution in [0.25, 0.3) is 0 Å². The summed E-state index contributed by atoms with van der Waals surface area (Å²) >= 11 is 1.37. The van der Waals surface area contributed by atoms with Crippen molar-refractivity contribution < 1.29 is 9.18 Å². The Morgan fingerprint density at radius 3 is 2.92 bits per heavy atom. The topological polar surface area (TPSA) is 52.2 Å². The zero-order valence-electron chi connectivity index (χ0n) is 13.0. The molecule has 0 aliphatic carbocycles. The summed E-state index contributed by atoms with van der Waals surface area (Å²) in [6.07, 6.45) is 6.43. The van der Waals surface area contributed by atoms with E-state index in [4.69, 9.17) is 0 Å². The first-order valence-electron chi connectivity index (χ1n) is 7.65. The first-order valence-corrected chi connectivity index (χ1v) is 8.52. The highest BCUT2D eigenvalue weighted by Gasteiger charge is 2.05. The summed E-state index contributed by atoms with van der Waals surface area (Å²) in [5.41, 5.74) is 0.573. The van der Waals surface area contributed by atoms with E-state index in [9.17, 15) is 9.18 Å². The predicted molar refractivity (Wildman–Crippen MR) is 89.8 cm³/mol. The van der Waals surface area contributed by atoms with Gasteiger partial charge in [0, 0.05) is 42.5 Å². The smallest absolute Gasteiger partial charge is 0.248 e. The molecule has 0 radical (unpaired) electrons. The maximum Gasteiger partial charge on any atom is 0.248 e. The molecule has 5 nitrogen and oxygen atoms in total. The van der Waals surface area contributed by atoms with E-state index in [1.807, 2.05) is 23.8 Å². The number of thiazole rings is 1. The number of hydrogen-bond donors (Lipinski definition) is 0. The van der Waals surface area contributed by atoms with E-state index in [0.717, 1.165) is 0 Å². The second-order valence-corrected chi connectivity index (χ2v) is 6.16. The van der Waals surface area contributed by atoms with Gasteiger partial charge in [0.05, 0.1) is 6.54 Å². The molecule has 0 atom stereocenters. The lowest BCUT2D eigenvalue weighted by atomic mass is 10.2.